The van der Waals surface area contributed by atoms with Gasteiger partial charge in [0, 0.05) is 16.8 Å². The molecule has 38 heavy (non-hydrogen) atoms. The van der Waals surface area contributed by atoms with Gasteiger partial charge in [-0.25, -0.2) is 0 Å². The summed E-state index contributed by atoms with van der Waals surface area (Å²) in [5.74, 6) is 0. The predicted octanol–water partition coefficient (Wildman–Crippen LogP) is 10.4. The second kappa shape index (κ2) is 8.21. The Morgan fingerprint density at radius 2 is 1.26 bits per heavy atom. The van der Waals surface area contributed by atoms with Crippen molar-refractivity contribution < 1.29 is 0 Å². The molecule has 0 aromatic heterocycles. The van der Waals surface area contributed by atoms with E-state index in [1.807, 2.05) is 0 Å². The van der Waals surface area contributed by atoms with Gasteiger partial charge in [-0.2, -0.15) is 0 Å². The van der Waals surface area contributed by atoms with Gasteiger partial charge in [0.2, 0.25) is 0 Å². The molecule has 2 aliphatic rings. The lowest BCUT2D eigenvalue weighted by atomic mass is 9.52. The minimum atomic E-state index is 0.0153. The minimum Gasteiger partial charge on any atom is -0.334 e. The molecule has 1 aliphatic carbocycles. The van der Waals surface area contributed by atoms with Crippen LogP contribution in [0.5, 0.6) is 0 Å². The number of hydrogen-bond donors (Lipinski definition) is 0. The molecule has 1 aliphatic heterocycles. The van der Waals surface area contributed by atoms with Crippen molar-refractivity contribution in [2.24, 2.45) is 5.41 Å². The number of nitrogens with zero attached hydrogens (tertiary/aromatic N) is 1. The van der Waals surface area contributed by atoms with Crippen molar-refractivity contribution in [3.05, 3.63) is 109 Å². The Morgan fingerprint density at radius 1 is 0.658 bits per heavy atom. The minimum absolute atomic E-state index is 0.0153. The topological polar surface area (TPSA) is 3.24 Å². The third-order valence-electron chi connectivity index (χ3n) is 9.91. The van der Waals surface area contributed by atoms with Crippen LogP contribution in [0.1, 0.15) is 58.9 Å². The van der Waals surface area contributed by atoms with Crippen molar-refractivity contribution in [1.82, 2.24) is 0 Å². The molecule has 0 amide bonds. The van der Waals surface area contributed by atoms with E-state index in [0.29, 0.717) is 0 Å². The smallest absolute Gasteiger partial charge is 0.0594 e. The van der Waals surface area contributed by atoms with Gasteiger partial charge < -0.3 is 4.90 Å². The lowest BCUT2D eigenvalue weighted by Gasteiger charge is -2.59. The lowest BCUT2D eigenvalue weighted by molar-refractivity contribution is 0.0608. The Hall–Kier alpha value is -3.58. The Morgan fingerprint density at radius 3 is 1.92 bits per heavy atom. The average molecular weight is 496 g/mol. The zero-order valence-corrected chi connectivity index (χ0v) is 23.1. The molecule has 1 nitrogen and oxygen atoms in total. The van der Waals surface area contributed by atoms with E-state index in [1.165, 1.54) is 75.3 Å². The molecule has 0 saturated heterocycles. The first-order chi connectivity index (χ1) is 18.4. The first-order valence-corrected chi connectivity index (χ1v) is 14.3. The molecule has 1 saturated carbocycles. The summed E-state index contributed by atoms with van der Waals surface area (Å²) in [4.78, 5) is 2.74. The summed E-state index contributed by atoms with van der Waals surface area (Å²) < 4.78 is 0. The first kappa shape index (κ1) is 23.5. The molecule has 7 rings (SSSR count). The van der Waals surface area contributed by atoms with E-state index in [2.05, 4.69) is 136 Å². The fraction of sp³-hybridized carbons (Fsp3) is 0.297. The maximum Gasteiger partial charge on any atom is 0.0594 e. The quantitative estimate of drug-likeness (QED) is 0.220. The van der Waals surface area contributed by atoms with Crippen LogP contribution >= 0.6 is 0 Å². The maximum absolute atomic E-state index is 2.74. The van der Waals surface area contributed by atoms with E-state index in [-0.39, 0.29) is 16.4 Å². The third-order valence-corrected chi connectivity index (χ3v) is 9.91. The van der Waals surface area contributed by atoms with Gasteiger partial charge in [0.15, 0.2) is 0 Å². The Labute approximate surface area is 227 Å². The maximum atomic E-state index is 2.74. The van der Waals surface area contributed by atoms with E-state index in [0.717, 1.165) is 0 Å². The monoisotopic (exact) mass is 495 g/mol. The predicted molar refractivity (Wildman–Crippen MR) is 163 cm³/mol. The molecule has 1 fully saturated rings. The van der Waals surface area contributed by atoms with Crippen LogP contribution in [0.25, 0.3) is 32.7 Å². The van der Waals surface area contributed by atoms with Crippen LogP contribution in [0, 0.1) is 5.41 Å². The van der Waals surface area contributed by atoms with Crippen molar-refractivity contribution in [3.63, 3.8) is 0 Å². The zero-order valence-electron chi connectivity index (χ0n) is 23.1. The van der Waals surface area contributed by atoms with Crippen LogP contribution in [-0.4, -0.2) is 5.54 Å². The van der Waals surface area contributed by atoms with Gasteiger partial charge in [-0.05, 0) is 86.8 Å². The lowest BCUT2D eigenvalue weighted by Crippen LogP contribution is -2.64. The van der Waals surface area contributed by atoms with Crippen LogP contribution in [0.4, 0.5) is 11.4 Å². The third kappa shape index (κ3) is 3.05. The normalized spacial score (nSPS) is 23.0. The number of benzene rings is 5. The van der Waals surface area contributed by atoms with Crippen LogP contribution in [0.3, 0.4) is 0 Å². The Kier molecular flexibility index (Phi) is 5.08. The summed E-state index contributed by atoms with van der Waals surface area (Å²) in [6.45, 7) is 9.98. The van der Waals surface area contributed by atoms with Gasteiger partial charge in [-0.15, -0.1) is 0 Å². The summed E-state index contributed by atoms with van der Waals surface area (Å²) in [5, 5.41) is 5.28. The molecule has 1 heterocycles. The number of para-hydroxylation sites is 1. The molecule has 2 unspecified atom stereocenters. The van der Waals surface area contributed by atoms with Gasteiger partial charge in [0.05, 0.1) is 5.54 Å². The van der Waals surface area contributed by atoms with Gasteiger partial charge in [-0.1, -0.05) is 113 Å². The summed E-state index contributed by atoms with van der Waals surface area (Å²) in [6, 6.07) is 38.6. The molecular weight excluding hydrogens is 458 g/mol. The number of rotatable bonds is 2. The summed E-state index contributed by atoms with van der Waals surface area (Å²) in [5.41, 5.74) is 7.10. The van der Waals surface area contributed by atoms with Crippen LogP contribution in [0.15, 0.2) is 103 Å². The number of fused-ring (bicyclic) bond motifs is 5. The molecule has 1 heteroatoms. The average Bonchev–Trinajstić information content (AvgIpc) is 3.17. The standard InChI is InChI=1S/C37H37N/c1-35(2,3)37-23-13-12-22-36(37,4)32-25-28(20-21-33(32)38(37)29-16-6-5-7-17-29)34-30-18-10-8-14-26(30)24-27-15-9-11-19-31(27)34/h5-11,14-21,24-25H,12-13,22-23H2,1-4H3. The van der Waals surface area contributed by atoms with E-state index in [4.69, 9.17) is 0 Å². The largest absolute Gasteiger partial charge is 0.334 e. The summed E-state index contributed by atoms with van der Waals surface area (Å²) in [6.07, 6.45) is 5.01. The van der Waals surface area contributed by atoms with E-state index in [9.17, 15) is 0 Å². The highest BCUT2D eigenvalue weighted by atomic mass is 15.3. The Bertz CT molecular complexity index is 1620. The van der Waals surface area contributed by atoms with Gasteiger partial charge in [0.25, 0.3) is 0 Å². The van der Waals surface area contributed by atoms with Crippen molar-refractivity contribution in [2.75, 3.05) is 4.90 Å². The fourth-order valence-electron chi connectivity index (χ4n) is 8.39. The van der Waals surface area contributed by atoms with Crippen molar-refractivity contribution >= 4 is 32.9 Å². The van der Waals surface area contributed by atoms with E-state index < -0.39 is 0 Å². The molecule has 0 spiro atoms. The first-order valence-electron chi connectivity index (χ1n) is 14.3. The summed E-state index contributed by atoms with van der Waals surface area (Å²) >= 11 is 0. The van der Waals surface area contributed by atoms with Gasteiger partial charge in [-0.3, -0.25) is 0 Å². The molecular formula is C37H37N. The van der Waals surface area contributed by atoms with Gasteiger partial charge in [0.1, 0.15) is 0 Å². The van der Waals surface area contributed by atoms with Gasteiger partial charge >= 0.3 is 0 Å². The molecule has 0 bridgehead atoms. The van der Waals surface area contributed by atoms with Crippen molar-refractivity contribution in [3.8, 4) is 11.1 Å². The highest BCUT2D eigenvalue weighted by molar-refractivity contribution is 6.12. The number of anilines is 2. The molecule has 0 N–H and O–H groups in total. The van der Waals surface area contributed by atoms with Crippen LogP contribution < -0.4 is 4.90 Å². The Balaban J connectivity index is 1.55. The van der Waals surface area contributed by atoms with Crippen LogP contribution in [0.2, 0.25) is 0 Å². The molecule has 0 radical (unpaired) electrons. The highest BCUT2D eigenvalue weighted by Gasteiger charge is 2.65. The second-order valence-corrected chi connectivity index (χ2v) is 12.7. The van der Waals surface area contributed by atoms with Crippen LogP contribution in [-0.2, 0) is 5.41 Å². The molecule has 190 valence electrons. The number of hydrogen-bond acceptors (Lipinski definition) is 1. The van der Waals surface area contributed by atoms with E-state index in [1.54, 1.807) is 0 Å². The SMILES string of the molecule is CC(C)(C)C12CCCCC1(C)c1cc(-c3c4ccccc4cc4ccccc34)ccc1N2c1ccccc1. The fourth-order valence-corrected chi connectivity index (χ4v) is 8.39. The highest BCUT2D eigenvalue weighted by Crippen LogP contribution is 2.66. The zero-order chi connectivity index (χ0) is 26.1. The van der Waals surface area contributed by atoms with E-state index >= 15 is 0 Å². The molecule has 2 atom stereocenters. The van der Waals surface area contributed by atoms with Crippen molar-refractivity contribution in [1.29, 1.82) is 0 Å². The summed E-state index contributed by atoms with van der Waals surface area (Å²) in [7, 11) is 0. The van der Waals surface area contributed by atoms with Crippen molar-refractivity contribution in [2.45, 2.75) is 64.3 Å². The second-order valence-electron chi connectivity index (χ2n) is 12.7. The molecule has 5 aromatic carbocycles. The molecule has 5 aromatic rings.